The largest absolute Gasteiger partial charge is 0.343 e. The number of nitrogens with zero attached hydrogens (tertiary/aromatic N) is 4. The summed E-state index contributed by atoms with van der Waals surface area (Å²) < 4.78 is 2.09. The van der Waals surface area contributed by atoms with Crippen LogP contribution >= 0.6 is 0 Å². The summed E-state index contributed by atoms with van der Waals surface area (Å²) in [4.78, 5) is 16.8. The minimum absolute atomic E-state index is 0.0161. The Balaban J connectivity index is 2.36. The molecule has 0 aliphatic heterocycles. The van der Waals surface area contributed by atoms with E-state index in [2.05, 4.69) is 43.9 Å². The molecule has 1 atom stereocenters. The van der Waals surface area contributed by atoms with Gasteiger partial charge in [-0.1, -0.05) is 32.9 Å². The van der Waals surface area contributed by atoms with Crippen LogP contribution in [0.15, 0.2) is 12.2 Å². The van der Waals surface area contributed by atoms with Gasteiger partial charge < -0.3 is 4.90 Å². The first-order valence-electron chi connectivity index (χ1n) is 9.43. The fourth-order valence-electron chi connectivity index (χ4n) is 3.71. The van der Waals surface area contributed by atoms with Crippen LogP contribution in [0.3, 0.4) is 0 Å². The second-order valence-corrected chi connectivity index (χ2v) is 7.97. The topological polar surface area (TPSA) is 41.4 Å². The van der Waals surface area contributed by atoms with E-state index in [1.54, 1.807) is 19.0 Å². The number of amides is 1. The molecular weight excluding hydrogens is 312 g/mol. The van der Waals surface area contributed by atoms with Gasteiger partial charge in [0.25, 0.3) is 5.91 Å². The fourth-order valence-corrected chi connectivity index (χ4v) is 3.71. The Kier molecular flexibility index (Phi) is 6.44. The van der Waals surface area contributed by atoms with Crippen molar-refractivity contribution in [3.05, 3.63) is 29.1 Å². The zero-order valence-electron chi connectivity index (χ0n) is 16.8. The van der Waals surface area contributed by atoms with Crippen LogP contribution in [0.2, 0.25) is 0 Å². The number of aromatic nitrogens is 2. The molecule has 0 aromatic carbocycles. The molecule has 1 aromatic rings. The Morgan fingerprint density at radius 1 is 1.40 bits per heavy atom. The maximum atomic E-state index is 12.7. The third-order valence-corrected chi connectivity index (χ3v) is 4.86. The second kappa shape index (κ2) is 8.17. The standard InChI is InChI=1S/C20H34N4O/c1-8-23(12-14(2)3)16-9-10-18-17(11-16)19(20(25)22(6)7)21-24(18)13-15(4)5/h15-16H,2,8-13H2,1,3-7H3. The molecule has 0 N–H and O–H groups in total. The molecule has 5 heteroatoms. The van der Waals surface area contributed by atoms with Crippen LogP contribution < -0.4 is 0 Å². The molecule has 5 nitrogen and oxygen atoms in total. The third-order valence-electron chi connectivity index (χ3n) is 4.86. The van der Waals surface area contributed by atoms with E-state index in [0.717, 1.165) is 44.5 Å². The molecule has 1 heterocycles. The molecule has 1 unspecified atom stereocenters. The highest BCUT2D eigenvalue weighted by Crippen LogP contribution is 2.29. The number of rotatable bonds is 7. The van der Waals surface area contributed by atoms with Crippen LogP contribution in [0.5, 0.6) is 0 Å². The highest BCUT2D eigenvalue weighted by atomic mass is 16.2. The average molecular weight is 347 g/mol. The lowest BCUT2D eigenvalue weighted by molar-refractivity contribution is 0.0819. The monoisotopic (exact) mass is 346 g/mol. The Hall–Kier alpha value is -1.62. The van der Waals surface area contributed by atoms with Crippen molar-refractivity contribution in [3.8, 4) is 0 Å². The van der Waals surface area contributed by atoms with Crippen molar-refractivity contribution in [2.45, 2.75) is 59.5 Å². The SMILES string of the molecule is C=C(C)CN(CC)C1CCc2c(c(C(=O)N(C)C)nn2CC(C)C)C1. The lowest BCUT2D eigenvalue weighted by atomic mass is 9.89. The van der Waals surface area contributed by atoms with Crippen LogP contribution in [0.1, 0.15) is 55.9 Å². The van der Waals surface area contributed by atoms with Gasteiger partial charge in [-0.2, -0.15) is 5.10 Å². The first-order valence-corrected chi connectivity index (χ1v) is 9.43. The number of likely N-dealkylation sites (N-methyl/N-ethyl adjacent to an activating group) is 1. The minimum atomic E-state index is 0.0161. The van der Waals surface area contributed by atoms with Crippen LogP contribution in [0, 0.1) is 5.92 Å². The van der Waals surface area contributed by atoms with Gasteiger partial charge in [-0.05, 0) is 38.6 Å². The minimum Gasteiger partial charge on any atom is -0.343 e. The zero-order valence-corrected chi connectivity index (χ0v) is 16.8. The highest BCUT2D eigenvalue weighted by Gasteiger charge is 2.31. The predicted octanol–water partition coefficient (Wildman–Crippen LogP) is 3.00. The van der Waals surface area contributed by atoms with Crippen molar-refractivity contribution in [3.63, 3.8) is 0 Å². The Labute approximate surface area is 152 Å². The maximum Gasteiger partial charge on any atom is 0.274 e. The van der Waals surface area contributed by atoms with Crippen LogP contribution in [0.25, 0.3) is 0 Å². The van der Waals surface area contributed by atoms with E-state index in [1.807, 2.05) is 0 Å². The summed E-state index contributed by atoms with van der Waals surface area (Å²) in [6.45, 7) is 15.5. The summed E-state index contributed by atoms with van der Waals surface area (Å²) in [6, 6.07) is 0.458. The van der Waals surface area contributed by atoms with Gasteiger partial charge in [-0.15, -0.1) is 0 Å². The van der Waals surface area contributed by atoms with Crippen molar-refractivity contribution < 1.29 is 4.79 Å². The van der Waals surface area contributed by atoms with E-state index in [1.165, 1.54) is 11.3 Å². The zero-order chi connectivity index (χ0) is 18.7. The normalized spacial score (nSPS) is 17.0. The molecule has 0 saturated heterocycles. The molecule has 2 rings (SSSR count). The molecule has 1 aromatic heterocycles. The molecule has 140 valence electrons. The first-order chi connectivity index (χ1) is 11.7. The fraction of sp³-hybridized carbons (Fsp3) is 0.700. The average Bonchev–Trinajstić information content (AvgIpc) is 2.88. The number of carbonyl (C=O) groups excluding carboxylic acids is 1. The first kappa shape index (κ1) is 19.7. The van der Waals surface area contributed by atoms with Crippen molar-refractivity contribution >= 4 is 5.91 Å². The number of hydrogen-bond donors (Lipinski definition) is 0. The van der Waals surface area contributed by atoms with Crippen LogP contribution in [-0.4, -0.2) is 58.7 Å². The molecule has 25 heavy (non-hydrogen) atoms. The van der Waals surface area contributed by atoms with Gasteiger partial charge in [0.2, 0.25) is 0 Å². The summed E-state index contributed by atoms with van der Waals surface area (Å²) in [5, 5.41) is 4.72. The van der Waals surface area contributed by atoms with E-state index in [4.69, 9.17) is 5.10 Å². The number of hydrogen-bond acceptors (Lipinski definition) is 3. The van der Waals surface area contributed by atoms with Crippen LogP contribution in [0.4, 0.5) is 0 Å². The second-order valence-electron chi connectivity index (χ2n) is 7.97. The van der Waals surface area contributed by atoms with Gasteiger partial charge >= 0.3 is 0 Å². The van der Waals surface area contributed by atoms with E-state index in [9.17, 15) is 4.79 Å². The predicted molar refractivity (Wildman–Crippen MR) is 103 cm³/mol. The van der Waals surface area contributed by atoms with Gasteiger partial charge in [-0.25, -0.2) is 0 Å². The van der Waals surface area contributed by atoms with E-state index >= 15 is 0 Å². The van der Waals surface area contributed by atoms with E-state index < -0.39 is 0 Å². The van der Waals surface area contributed by atoms with Gasteiger partial charge in [-0.3, -0.25) is 14.4 Å². The van der Waals surface area contributed by atoms with Gasteiger partial charge in [0, 0.05) is 44.5 Å². The van der Waals surface area contributed by atoms with Crippen molar-refractivity contribution in [1.82, 2.24) is 19.6 Å². The third kappa shape index (κ3) is 4.51. The Bertz CT molecular complexity index is 630. The summed E-state index contributed by atoms with van der Waals surface area (Å²) in [5.41, 5.74) is 4.27. The molecule has 1 aliphatic rings. The summed E-state index contributed by atoms with van der Waals surface area (Å²) >= 11 is 0. The lowest BCUT2D eigenvalue weighted by Crippen LogP contribution is -2.40. The van der Waals surface area contributed by atoms with Gasteiger partial charge in [0.15, 0.2) is 5.69 Å². The van der Waals surface area contributed by atoms with Crippen LogP contribution in [-0.2, 0) is 19.4 Å². The molecule has 1 aliphatic carbocycles. The summed E-state index contributed by atoms with van der Waals surface area (Å²) in [6.07, 6.45) is 3.02. The molecule has 1 amide bonds. The molecule has 0 saturated carbocycles. The number of fused-ring (bicyclic) bond motifs is 1. The van der Waals surface area contributed by atoms with Gasteiger partial charge in [0.05, 0.1) is 0 Å². The smallest absolute Gasteiger partial charge is 0.274 e. The van der Waals surface area contributed by atoms with E-state index in [-0.39, 0.29) is 5.91 Å². The van der Waals surface area contributed by atoms with E-state index in [0.29, 0.717) is 17.7 Å². The molecule has 0 bridgehead atoms. The molecule has 0 radical (unpaired) electrons. The van der Waals surface area contributed by atoms with Crippen molar-refractivity contribution in [1.29, 1.82) is 0 Å². The van der Waals surface area contributed by atoms with Gasteiger partial charge in [0.1, 0.15) is 0 Å². The summed E-state index contributed by atoms with van der Waals surface area (Å²) in [7, 11) is 3.60. The molecular formula is C20H34N4O. The maximum absolute atomic E-state index is 12.7. The Morgan fingerprint density at radius 2 is 2.08 bits per heavy atom. The molecule has 0 spiro atoms. The van der Waals surface area contributed by atoms with Crippen molar-refractivity contribution in [2.75, 3.05) is 27.2 Å². The quantitative estimate of drug-likeness (QED) is 0.713. The van der Waals surface area contributed by atoms with Crippen molar-refractivity contribution in [2.24, 2.45) is 5.92 Å². The highest BCUT2D eigenvalue weighted by molar-refractivity contribution is 5.93. The lowest BCUT2D eigenvalue weighted by Gasteiger charge is -2.34. The summed E-state index contributed by atoms with van der Waals surface area (Å²) in [5.74, 6) is 0.530. The Morgan fingerprint density at radius 3 is 2.60 bits per heavy atom. The number of carbonyl (C=O) groups is 1. The molecule has 0 fully saturated rings.